The molecule has 0 aliphatic heterocycles. The molecular weight excluding hydrogens is 282 g/mol. The fraction of sp³-hybridized carbons (Fsp3) is 0.294. The first-order valence-corrected chi connectivity index (χ1v) is 9.05. The highest BCUT2D eigenvalue weighted by molar-refractivity contribution is 7.89. The van der Waals surface area contributed by atoms with Crippen LogP contribution in [0.2, 0.25) is 0 Å². The second kappa shape index (κ2) is 6.76. The van der Waals surface area contributed by atoms with Crippen LogP contribution in [0.15, 0.2) is 48.5 Å². The van der Waals surface area contributed by atoms with Gasteiger partial charge in [-0.15, -0.1) is 0 Å². The summed E-state index contributed by atoms with van der Waals surface area (Å²) >= 11 is 0. The van der Waals surface area contributed by atoms with Crippen LogP contribution in [0.1, 0.15) is 16.7 Å². The predicted molar refractivity (Wildman–Crippen MR) is 88.4 cm³/mol. The number of benzene rings is 2. The first-order chi connectivity index (χ1) is 9.94. The summed E-state index contributed by atoms with van der Waals surface area (Å²) in [6, 6.07) is 16.0. The summed E-state index contributed by atoms with van der Waals surface area (Å²) in [4.78, 5) is 0. The van der Waals surface area contributed by atoms with Crippen molar-refractivity contribution < 1.29 is 8.42 Å². The summed E-state index contributed by atoms with van der Waals surface area (Å²) in [6.45, 7) is 2.85. The number of anilines is 1. The van der Waals surface area contributed by atoms with Gasteiger partial charge in [-0.2, -0.15) is 0 Å². The molecule has 0 aromatic heterocycles. The van der Waals surface area contributed by atoms with Crippen molar-refractivity contribution >= 4 is 15.5 Å². The summed E-state index contributed by atoms with van der Waals surface area (Å²) in [7, 11) is -3.02. The van der Waals surface area contributed by atoms with E-state index in [1.54, 1.807) is 0 Å². The Labute approximate surface area is 126 Å². The van der Waals surface area contributed by atoms with E-state index in [1.807, 2.05) is 24.3 Å². The summed E-state index contributed by atoms with van der Waals surface area (Å²) in [5, 5.41) is 3.33. The van der Waals surface area contributed by atoms with Crippen LogP contribution in [0, 0.1) is 6.92 Å². The smallest absolute Gasteiger partial charge is 0.151 e. The lowest BCUT2D eigenvalue weighted by Gasteiger charge is -2.11. The first-order valence-electron chi connectivity index (χ1n) is 6.99. The van der Waals surface area contributed by atoms with Gasteiger partial charge in [0, 0.05) is 18.5 Å². The van der Waals surface area contributed by atoms with Crippen molar-refractivity contribution in [3.05, 3.63) is 65.2 Å². The van der Waals surface area contributed by atoms with Gasteiger partial charge in [0.05, 0.1) is 5.75 Å². The Morgan fingerprint density at radius 1 is 1.00 bits per heavy atom. The van der Waals surface area contributed by atoms with E-state index in [4.69, 9.17) is 0 Å². The molecule has 0 bridgehead atoms. The standard InChI is InChI=1S/C17H21NO2S/c1-14-7-9-15(10-8-14)11-12-18-17-6-4-3-5-16(17)13-21(2,19)20/h3-10,18H,11-13H2,1-2H3. The average Bonchev–Trinajstić information content (AvgIpc) is 2.41. The van der Waals surface area contributed by atoms with Crippen LogP contribution in [-0.4, -0.2) is 21.2 Å². The second-order valence-corrected chi connectivity index (χ2v) is 7.53. The zero-order valence-electron chi connectivity index (χ0n) is 12.5. The van der Waals surface area contributed by atoms with Gasteiger partial charge in [0.25, 0.3) is 0 Å². The minimum atomic E-state index is -3.02. The Hall–Kier alpha value is -1.81. The number of rotatable bonds is 6. The molecule has 21 heavy (non-hydrogen) atoms. The van der Waals surface area contributed by atoms with Gasteiger partial charge >= 0.3 is 0 Å². The molecule has 0 saturated carbocycles. The quantitative estimate of drug-likeness (QED) is 0.891. The highest BCUT2D eigenvalue weighted by Crippen LogP contribution is 2.17. The van der Waals surface area contributed by atoms with Gasteiger partial charge < -0.3 is 5.32 Å². The van der Waals surface area contributed by atoms with Gasteiger partial charge in [-0.3, -0.25) is 0 Å². The lowest BCUT2D eigenvalue weighted by Crippen LogP contribution is -2.09. The zero-order valence-corrected chi connectivity index (χ0v) is 13.3. The van der Waals surface area contributed by atoms with Gasteiger partial charge in [0.1, 0.15) is 0 Å². The van der Waals surface area contributed by atoms with Crippen molar-refractivity contribution in [1.29, 1.82) is 0 Å². The topological polar surface area (TPSA) is 46.2 Å². The molecule has 0 atom stereocenters. The molecule has 0 unspecified atom stereocenters. The molecule has 0 aliphatic carbocycles. The maximum atomic E-state index is 11.5. The van der Waals surface area contributed by atoms with Gasteiger partial charge in [0.15, 0.2) is 9.84 Å². The largest absolute Gasteiger partial charge is 0.384 e. The van der Waals surface area contributed by atoms with E-state index in [0.29, 0.717) is 0 Å². The number of nitrogens with one attached hydrogen (secondary N) is 1. The van der Waals surface area contributed by atoms with E-state index in [9.17, 15) is 8.42 Å². The molecule has 0 fully saturated rings. The Morgan fingerprint density at radius 2 is 1.67 bits per heavy atom. The van der Waals surface area contributed by atoms with E-state index in [1.165, 1.54) is 17.4 Å². The molecule has 2 aromatic carbocycles. The second-order valence-electron chi connectivity index (χ2n) is 5.39. The van der Waals surface area contributed by atoms with E-state index >= 15 is 0 Å². The third-order valence-corrected chi connectivity index (χ3v) is 4.12. The normalized spacial score (nSPS) is 11.3. The van der Waals surface area contributed by atoms with Gasteiger partial charge in [-0.05, 0) is 30.5 Å². The molecule has 4 heteroatoms. The summed E-state index contributed by atoms with van der Waals surface area (Å²) < 4.78 is 22.9. The van der Waals surface area contributed by atoms with E-state index in [0.717, 1.165) is 24.2 Å². The monoisotopic (exact) mass is 303 g/mol. The van der Waals surface area contributed by atoms with Gasteiger partial charge in [0.2, 0.25) is 0 Å². The molecule has 0 aliphatic rings. The highest BCUT2D eigenvalue weighted by atomic mass is 32.2. The number of para-hydroxylation sites is 1. The molecule has 0 amide bonds. The minimum Gasteiger partial charge on any atom is -0.384 e. The Kier molecular flexibility index (Phi) is 5.02. The third-order valence-electron chi connectivity index (χ3n) is 3.28. The molecule has 2 aromatic rings. The van der Waals surface area contributed by atoms with Crippen LogP contribution in [0.3, 0.4) is 0 Å². The van der Waals surface area contributed by atoms with Crippen molar-refractivity contribution in [2.45, 2.75) is 19.1 Å². The highest BCUT2D eigenvalue weighted by Gasteiger charge is 2.08. The van der Waals surface area contributed by atoms with Crippen molar-refractivity contribution in [3.8, 4) is 0 Å². The number of aryl methyl sites for hydroxylation is 1. The van der Waals surface area contributed by atoms with E-state index in [2.05, 4.69) is 36.5 Å². The van der Waals surface area contributed by atoms with Crippen molar-refractivity contribution in [2.75, 3.05) is 18.1 Å². The molecule has 0 heterocycles. The number of sulfone groups is 1. The molecule has 0 radical (unpaired) electrons. The molecule has 2 rings (SSSR count). The Bertz CT molecular complexity index is 691. The molecule has 0 saturated heterocycles. The Morgan fingerprint density at radius 3 is 2.33 bits per heavy atom. The fourth-order valence-electron chi connectivity index (χ4n) is 2.20. The van der Waals surface area contributed by atoms with Crippen LogP contribution >= 0.6 is 0 Å². The minimum absolute atomic E-state index is 0.0701. The number of hydrogen-bond acceptors (Lipinski definition) is 3. The van der Waals surface area contributed by atoms with Crippen LogP contribution in [0.4, 0.5) is 5.69 Å². The van der Waals surface area contributed by atoms with E-state index < -0.39 is 9.84 Å². The summed E-state index contributed by atoms with van der Waals surface area (Å²) in [5.41, 5.74) is 4.25. The maximum absolute atomic E-state index is 11.5. The van der Waals surface area contributed by atoms with E-state index in [-0.39, 0.29) is 5.75 Å². The van der Waals surface area contributed by atoms with Crippen LogP contribution in [0.25, 0.3) is 0 Å². The SMILES string of the molecule is Cc1ccc(CCNc2ccccc2CS(C)(=O)=O)cc1. The predicted octanol–water partition coefficient (Wildman–Crippen LogP) is 3.19. The van der Waals surface area contributed by atoms with Crippen LogP contribution in [-0.2, 0) is 22.0 Å². The lowest BCUT2D eigenvalue weighted by atomic mass is 10.1. The van der Waals surface area contributed by atoms with Crippen molar-refractivity contribution in [2.24, 2.45) is 0 Å². The molecule has 3 nitrogen and oxygen atoms in total. The molecular formula is C17H21NO2S. The zero-order chi connectivity index (χ0) is 15.3. The Balaban J connectivity index is 1.98. The van der Waals surface area contributed by atoms with Gasteiger partial charge in [-0.1, -0.05) is 48.0 Å². The number of hydrogen-bond donors (Lipinski definition) is 1. The average molecular weight is 303 g/mol. The summed E-state index contributed by atoms with van der Waals surface area (Å²) in [5.74, 6) is 0.0701. The fourth-order valence-corrected chi connectivity index (χ4v) is 3.01. The molecule has 0 spiro atoms. The third kappa shape index (κ3) is 5.23. The van der Waals surface area contributed by atoms with Crippen LogP contribution < -0.4 is 5.32 Å². The van der Waals surface area contributed by atoms with Crippen molar-refractivity contribution in [3.63, 3.8) is 0 Å². The first kappa shape index (κ1) is 15.6. The summed E-state index contributed by atoms with van der Waals surface area (Å²) in [6.07, 6.45) is 2.17. The van der Waals surface area contributed by atoms with Gasteiger partial charge in [-0.25, -0.2) is 8.42 Å². The molecule has 112 valence electrons. The van der Waals surface area contributed by atoms with Crippen LogP contribution in [0.5, 0.6) is 0 Å². The van der Waals surface area contributed by atoms with Crippen molar-refractivity contribution in [1.82, 2.24) is 0 Å². The lowest BCUT2D eigenvalue weighted by molar-refractivity contribution is 0.601. The maximum Gasteiger partial charge on any atom is 0.151 e. The molecule has 1 N–H and O–H groups in total.